The predicted molar refractivity (Wildman–Crippen MR) is 169 cm³/mol. The van der Waals surface area contributed by atoms with Crippen LogP contribution in [0.2, 0.25) is 5.02 Å². The Morgan fingerprint density at radius 1 is 1.14 bits per heavy atom. The zero-order valence-electron chi connectivity index (χ0n) is 25.9. The molecule has 6 rings (SSSR count). The molecule has 1 saturated heterocycles. The van der Waals surface area contributed by atoms with E-state index in [1.807, 2.05) is 0 Å². The van der Waals surface area contributed by atoms with Gasteiger partial charge in [-0.3, -0.25) is 14.4 Å². The van der Waals surface area contributed by atoms with E-state index in [1.165, 1.54) is 9.47 Å². The number of nitrogens with zero attached hydrogens (tertiary/aromatic N) is 7. The molecule has 1 aromatic carbocycles. The highest BCUT2D eigenvalue weighted by atomic mass is 35.5. The third-order valence-electron chi connectivity index (χ3n) is 8.24. The molecule has 2 N–H and O–H groups in total. The highest BCUT2D eigenvalue weighted by Gasteiger charge is 2.32. The van der Waals surface area contributed by atoms with Crippen LogP contribution in [-0.2, 0) is 28.7 Å². The van der Waals surface area contributed by atoms with Gasteiger partial charge in [-0.05, 0) is 42.7 Å². The van der Waals surface area contributed by atoms with E-state index in [-0.39, 0.29) is 60.6 Å². The Morgan fingerprint density at radius 3 is 2.55 bits per heavy atom. The minimum atomic E-state index is -4.62. The maximum absolute atomic E-state index is 14.1. The molecule has 0 bridgehead atoms. The van der Waals surface area contributed by atoms with Crippen molar-refractivity contribution < 1.29 is 37.0 Å². The van der Waals surface area contributed by atoms with E-state index in [1.54, 1.807) is 17.9 Å². The van der Waals surface area contributed by atoms with Crippen molar-refractivity contribution in [1.82, 2.24) is 29.0 Å². The number of benzene rings is 1. The standard InChI is InChI=1S/C31H29ClF4N8O5/c1-2-22-25(41-9-11-42(12-10-41)28(47)24-26(46)20(33)5-8-37-24)29(48)44-30(39-27(40-44)17-6-13-49-14-7-17)43(22)16-23(45)38-21-4-3-18(15-19(21)32)31(34,35)36/h3-6,8,15,46H,2,7,9-14,16H2,1H3,(H,38,45). The normalized spacial score (nSPS) is 15.4. The number of hydrogen-bond acceptors (Lipinski definition) is 9. The smallest absolute Gasteiger partial charge is 0.416 e. The lowest BCUT2D eigenvalue weighted by atomic mass is 10.1. The van der Waals surface area contributed by atoms with Crippen molar-refractivity contribution in [2.45, 2.75) is 32.5 Å². The molecule has 3 aromatic heterocycles. The van der Waals surface area contributed by atoms with E-state index < -0.39 is 52.9 Å². The average molecular weight is 705 g/mol. The number of fused-ring (bicyclic) bond motifs is 1. The number of amides is 2. The minimum Gasteiger partial charge on any atom is -0.503 e. The van der Waals surface area contributed by atoms with Gasteiger partial charge in [0.1, 0.15) is 12.2 Å². The zero-order valence-corrected chi connectivity index (χ0v) is 26.7. The van der Waals surface area contributed by atoms with Gasteiger partial charge in [0.25, 0.3) is 11.5 Å². The number of hydrogen-bond donors (Lipinski definition) is 2. The number of rotatable bonds is 7. The molecule has 0 aliphatic carbocycles. The summed E-state index contributed by atoms with van der Waals surface area (Å²) in [5.74, 6) is -2.81. The summed E-state index contributed by atoms with van der Waals surface area (Å²) in [5.41, 5.74) is -0.554. The number of nitrogens with one attached hydrogen (secondary N) is 1. The number of halogens is 5. The monoisotopic (exact) mass is 704 g/mol. The maximum atomic E-state index is 14.1. The van der Waals surface area contributed by atoms with Crippen LogP contribution in [0.15, 0.2) is 41.3 Å². The van der Waals surface area contributed by atoms with Crippen molar-refractivity contribution in [3.63, 3.8) is 0 Å². The molecule has 1 fully saturated rings. The Labute approximate surface area is 280 Å². The molecule has 2 amide bonds. The fraction of sp³-hybridized carbons (Fsp3) is 0.355. The predicted octanol–water partition coefficient (Wildman–Crippen LogP) is 3.77. The van der Waals surface area contributed by atoms with E-state index in [0.29, 0.717) is 31.4 Å². The number of carbonyl (C=O) groups is 2. The van der Waals surface area contributed by atoms with Crippen LogP contribution >= 0.6 is 11.6 Å². The highest BCUT2D eigenvalue weighted by molar-refractivity contribution is 6.33. The van der Waals surface area contributed by atoms with Crippen LogP contribution in [0.4, 0.5) is 28.9 Å². The van der Waals surface area contributed by atoms with Crippen LogP contribution in [0.1, 0.15) is 40.9 Å². The lowest BCUT2D eigenvalue weighted by Gasteiger charge is -2.36. The molecule has 13 nitrogen and oxygen atoms in total. The quantitative estimate of drug-likeness (QED) is 0.275. The second-order valence-electron chi connectivity index (χ2n) is 11.3. The maximum Gasteiger partial charge on any atom is 0.416 e. The van der Waals surface area contributed by atoms with Gasteiger partial charge in [0, 0.05) is 32.4 Å². The van der Waals surface area contributed by atoms with Gasteiger partial charge in [0.05, 0.1) is 35.2 Å². The van der Waals surface area contributed by atoms with E-state index in [9.17, 15) is 37.1 Å². The molecule has 0 saturated carbocycles. The number of ether oxygens (including phenoxy) is 1. The molecule has 0 radical (unpaired) electrons. The number of piperazine rings is 1. The molecule has 0 spiro atoms. The number of aromatic nitrogens is 5. The summed E-state index contributed by atoms with van der Waals surface area (Å²) in [4.78, 5) is 52.2. The SMILES string of the molecule is CCc1c(N2CCN(C(=O)c3nccc(F)c3O)CC2)c(=O)n2nc(C3=CCOCC3)nc2n1CC(=O)Nc1ccc(C(F)(F)F)cc1Cl. The van der Waals surface area contributed by atoms with Crippen molar-refractivity contribution in [2.24, 2.45) is 0 Å². The summed E-state index contributed by atoms with van der Waals surface area (Å²) in [6, 6.07) is 3.51. The van der Waals surface area contributed by atoms with Crippen molar-refractivity contribution in [2.75, 3.05) is 49.6 Å². The fourth-order valence-corrected chi connectivity index (χ4v) is 6.02. The fourth-order valence-electron chi connectivity index (χ4n) is 5.79. The third-order valence-corrected chi connectivity index (χ3v) is 8.56. The molecular formula is C31H29ClF4N8O5. The van der Waals surface area contributed by atoms with E-state index in [2.05, 4.69) is 20.4 Å². The van der Waals surface area contributed by atoms with Gasteiger partial charge in [0.2, 0.25) is 11.7 Å². The highest BCUT2D eigenvalue weighted by Crippen LogP contribution is 2.34. The van der Waals surface area contributed by atoms with Crippen LogP contribution in [0, 0.1) is 5.82 Å². The van der Waals surface area contributed by atoms with Crippen LogP contribution in [0.25, 0.3) is 11.4 Å². The molecule has 258 valence electrons. The first kappa shape index (κ1) is 33.9. The van der Waals surface area contributed by atoms with Gasteiger partial charge in [-0.25, -0.2) is 9.37 Å². The van der Waals surface area contributed by atoms with E-state index in [4.69, 9.17) is 16.3 Å². The number of anilines is 2. The van der Waals surface area contributed by atoms with Crippen LogP contribution < -0.4 is 15.8 Å². The summed E-state index contributed by atoms with van der Waals surface area (Å²) in [7, 11) is 0. The van der Waals surface area contributed by atoms with Gasteiger partial charge in [-0.2, -0.15) is 22.7 Å². The summed E-state index contributed by atoms with van der Waals surface area (Å²) in [6.07, 6.45) is -0.989. The lowest BCUT2D eigenvalue weighted by molar-refractivity contribution is -0.137. The zero-order chi connectivity index (χ0) is 35.0. The molecule has 5 heterocycles. The second-order valence-corrected chi connectivity index (χ2v) is 11.7. The molecule has 0 unspecified atom stereocenters. The summed E-state index contributed by atoms with van der Waals surface area (Å²) in [5, 5.41) is 16.8. The van der Waals surface area contributed by atoms with E-state index >= 15 is 0 Å². The van der Waals surface area contributed by atoms with Gasteiger partial charge >= 0.3 is 6.18 Å². The largest absolute Gasteiger partial charge is 0.503 e. The van der Waals surface area contributed by atoms with Gasteiger partial charge in [-0.15, -0.1) is 5.10 Å². The molecule has 49 heavy (non-hydrogen) atoms. The van der Waals surface area contributed by atoms with Gasteiger partial charge < -0.3 is 29.5 Å². The second kappa shape index (κ2) is 13.5. The lowest BCUT2D eigenvalue weighted by Crippen LogP contribution is -2.51. The number of alkyl halides is 3. The Bertz CT molecular complexity index is 2040. The van der Waals surface area contributed by atoms with Gasteiger partial charge in [-0.1, -0.05) is 24.6 Å². The molecule has 4 aromatic rings. The van der Waals surface area contributed by atoms with Crippen LogP contribution in [0.3, 0.4) is 0 Å². The number of pyridine rings is 1. The third kappa shape index (κ3) is 6.67. The first-order valence-electron chi connectivity index (χ1n) is 15.2. The Kier molecular flexibility index (Phi) is 9.30. The summed E-state index contributed by atoms with van der Waals surface area (Å²) in [6.45, 7) is 2.66. The first-order chi connectivity index (χ1) is 23.4. The Hall–Kier alpha value is -5.03. The van der Waals surface area contributed by atoms with Crippen LogP contribution in [-0.4, -0.2) is 85.4 Å². The number of carbonyl (C=O) groups excluding carboxylic acids is 2. The molecule has 18 heteroatoms. The van der Waals surface area contributed by atoms with Crippen molar-refractivity contribution in [3.05, 3.63) is 80.5 Å². The topological polar surface area (TPSA) is 147 Å². The molecular weight excluding hydrogens is 676 g/mol. The van der Waals surface area contributed by atoms with Gasteiger partial charge in [0.15, 0.2) is 23.1 Å². The summed E-state index contributed by atoms with van der Waals surface area (Å²) >= 11 is 6.09. The minimum absolute atomic E-state index is 0.0378. The first-order valence-corrected chi connectivity index (χ1v) is 15.6. The number of aromatic hydroxyl groups is 1. The average Bonchev–Trinajstić information content (AvgIpc) is 3.54. The van der Waals surface area contributed by atoms with Crippen molar-refractivity contribution >= 4 is 46.1 Å². The molecule has 0 atom stereocenters. The van der Waals surface area contributed by atoms with Crippen LogP contribution in [0.5, 0.6) is 5.75 Å². The van der Waals surface area contributed by atoms with Crippen molar-refractivity contribution in [1.29, 1.82) is 0 Å². The molecule has 2 aliphatic heterocycles. The van der Waals surface area contributed by atoms with Crippen molar-refractivity contribution in [3.8, 4) is 5.75 Å². The Morgan fingerprint density at radius 2 is 1.90 bits per heavy atom. The van der Waals surface area contributed by atoms with E-state index in [0.717, 1.165) is 34.5 Å². The Balaban J connectivity index is 1.35. The molecule has 2 aliphatic rings. The summed E-state index contributed by atoms with van der Waals surface area (Å²) < 4.78 is 61.4.